The van der Waals surface area contributed by atoms with Gasteiger partial charge in [0.05, 0.1) is 18.2 Å². The maximum atomic E-state index is 9.39. The third kappa shape index (κ3) is 1.30. The van der Waals surface area contributed by atoms with Crippen molar-refractivity contribution in [1.29, 1.82) is 15.8 Å². The van der Waals surface area contributed by atoms with Gasteiger partial charge in [0.15, 0.2) is 5.92 Å². The fourth-order valence-corrected chi connectivity index (χ4v) is 3.33. The predicted molar refractivity (Wildman–Crippen MR) is 59.3 cm³/mol. The molecular formula is C12H9N3S. The molecule has 78 valence electrons. The molecule has 1 atom stereocenters. The zero-order chi connectivity index (χ0) is 11.6. The molecule has 0 saturated carbocycles. The molecule has 0 aromatic carbocycles. The van der Waals surface area contributed by atoms with E-state index in [2.05, 4.69) is 6.07 Å². The molecule has 16 heavy (non-hydrogen) atoms. The Bertz CT molecular complexity index is 512. The van der Waals surface area contributed by atoms with Crippen LogP contribution in [-0.2, 0) is 11.8 Å². The molecular weight excluding hydrogens is 218 g/mol. The molecule has 1 aromatic heterocycles. The Labute approximate surface area is 98.2 Å². The van der Waals surface area contributed by atoms with E-state index >= 15 is 0 Å². The highest BCUT2D eigenvalue weighted by Gasteiger charge is 2.45. The Morgan fingerprint density at radius 3 is 2.69 bits per heavy atom. The minimum atomic E-state index is -0.906. The highest BCUT2D eigenvalue weighted by molar-refractivity contribution is 7.10. The molecule has 4 heteroatoms. The number of thiophene rings is 1. The smallest absolute Gasteiger partial charge is 0.155 e. The van der Waals surface area contributed by atoms with Gasteiger partial charge in [-0.15, -0.1) is 11.3 Å². The van der Waals surface area contributed by atoms with Gasteiger partial charge >= 0.3 is 0 Å². The first-order valence-electron chi connectivity index (χ1n) is 5.06. The first-order valence-corrected chi connectivity index (χ1v) is 5.94. The molecule has 3 nitrogen and oxygen atoms in total. The van der Waals surface area contributed by atoms with Crippen molar-refractivity contribution in [3.05, 3.63) is 21.9 Å². The lowest BCUT2D eigenvalue weighted by atomic mass is 9.66. The summed E-state index contributed by atoms with van der Waals surface area (Å²) in [5, 5.41) is 29.4. The molecule has 0 amide bonds. The second kappa shape index (κ2) is 3.97. The highest BCUT2D eigenvalue weighted by Crippen LogP contribution is 2.44. The minimum Gasteiger partial charge on any atom is -0.197 e. The summed E-state index contributed by atoms with van der Waals surface area (Å²) in [4.78, 5) is 1.16. The van der Waals surface area contributed by atoms with Crippen LogP contribution in [0, 0.1) is 39.9 Å². The van der Waals surface area contributed by atoms with Crippen LogP contribution in [0.2, 0.25) is 0 Å². The second-order valence-corrected chi connectivity index (χ2v) is 4.89. The summed E-state index contributed by atoms with van der Waals surface area (Å²) in [6.45, 7) is 0. The van der Waals surface area contributed by atoms with Gasteiger partial charge in [0.1, 0.15) is 5.41 Å². The van der Waals surface area contributed by atoms with E-state index in [9.17, 15) is 5.26 Å². The number of fused-ring (bicyclic) bond motifs is 1. The summed E-state index contributed by atoms with van der Waals surface area (Å²) < 4.78 is 0. The van der Waals surface area contributed by atoms with Gasteiger partial charge in [-0.3, -0.25) is 0 Å². The fourth-order valence-electron chi connectivity index (χ4n) is 2.32. The lowest BCUT2D eigenvalue weighted by Gasteiger charge is -2.31. The van der Waals surface area contributed by atoms with E-state index in [0.717, 1.165) is 23.3 Å². The average Bonchev–Trinajstić information content (AvgIpc) is 2.79. The summed E-state index contributed by atoms with van der Waals surface area (Å²) in [6.07, 6.45) is 2.44. The van der Waals surface area contributed by atoms with Crippen LogP contribution in [0.4, 0.5) is 0 Å². The number of aryl methyl sites for hydroxylation is 1. The maximum Gasteiger partial charge on any atom is 0.155 e. The van der Waals surface area contributed by atoms with Gasteiger partial charge in [0.25, 0.3) is 0 Å². The monoisotopic (exact) mass is 227 g/mol. The summed E-state index contributed by atoms with van der Waals surface area (Å²) in [6, 6.07) is 8.05. The predicted octanol–water partition coefficient (Wildman–Crippen LogP) is 2.51. The first-order chi connectivity index (χ1) is 7.78. The van der Waals surface area contributed by atoms with Gasteiger partial charge < -0.3 is 0 Å². The van der Waals surface area contributed by atoms with E-state index in [-0.39, 0.29) is 0 Å². The summed E-state index contributed by atoms with van der Waals surface area (Å²) >= 11 is 1.61. The van der Waals surface area contributed by atoms with Crippen molar-refractivity contribution in [2.45, 2.75) is 24.7 Å². The summed E-state index contributed by atoms with van der Waals surface area (Å²) in [7, 11) is 0. The number of hydrogen-bond donors (Lipinski definition) is 0. The molecule has 0 saturated heterocycles. The number of nitriles is 3. The van der Waals surface area contributed by atoms with E-state index in [4.69, 9.17) is 10.5 Å². The first kappa shape index (κ1) is 10.7. The lowest BCUT2D eigenvalue weighted by molar-refractivity contribution is 0.411. The standard InChI is InChI=1S/C12H9N3S/c13-6-9(7-14)12(8-15)4-1-2-11-10(12)3-5-16-11/h3,5,9H,1-2,4H2. The Kier molecular flexibility index (Phi) is 2.65. The summed E-state index contributed by atoms with van der Waals surface area (Å²) in [5.41, 5.74) is -0.00350. The van der Waals surface area contributed by atoms with E-state index in [1.165, 1.54) is 0 Å². The van der Waals surface area contributed by atoms with Crippen LogP contribution >= 0.6 is 11.3 Å². The number of nitrogens with zero attached hydrogens (tertiary/aromatic N) is 3. The molecule has 2 rings (SSSR count). The fraction of sp³-hybridized carbons (Fsp3) is 0.417. The molecule has 1 aliphatic rings. The normalized spacial score (nSPS) is 22.9. The average molecular weight is 227 g/mol. The van der Waals surface area contributed by atoms with Gasteiger partial charge in [-0.2, -0.15) is 15.8 Å². The van der Waals surface area contributed by atoms with Crippen molar-refractivity contribution < 1.29 is 0 Å². The topological polar surface area (TPSA) is 71.4 Å². The van der Waals surface area contributed by atoms with Crippen molar-refractivity contribution >= 4 is 11.3 Å². The lowest BCUT2D eigenvalue weighted by Crippen LogP contribution is -2.35. The van der Waals surface area contributed by atoms with Gasteiger partial charge in [-0.25, -0.2) is 0 Å². The van der Waals surface area contributed by atoms with Crippen LogP contribution in [0.5, 0.6) is 0 Å². The van der Waals surface area contributed by atoms with Gasteiger partial charge in [-0.05, 0) is 36.3 Å². The van der Waals surface area contributed by atoms with Crippen molar-refractivity contribution in [2.24, 2.45) is 5.92 Å². The Morgan fingerprint density at radius 1 is 1.31 bits per heavy atom. The third-order valence-electron chi connectivity index (χ3n) is 3.15. The van der Waals surface area contributed by atoms with Crippen LogP contribution in [0.3, 0.4) is 0 Å². The Balaban J connectivity index is 2.59. The zero-order valence-electron chi connectivity index (χ0n) is 8.60. The van der Waals surface area contributed by atoms with Crippen LogP contribution in [0.15, 0.2) is 11.4 Å². The van der Waals surface area contributed by atoms with Crippen molar-refractivity contribution in [3.63, 3.8) is 0 Å². The molecule has 0 aliphatic heterocycles. The molecule has 0 bridgehead atoms. The molecule has 0 radical (unpaired) electrons. The molecule has 1 heterocycles. The van der Waals surface area contributed by atoms with Gasteiger partial charge in [0, 0.05) is 4.88 Å². The molecule has 1 unspecified atom stereocenters. The van der Waals surface area contributed by atoms with Crippen molar-refractivity contribution in [2.75, 3.05) is 0 Å². The van der Waals surface area contributed by atoms with E-state index in [1.54, 1.807) is 11.3 Å². The highest BCUT2D eigenvalue weighted by atomic mass is 32.1. The summed E-state index contributed by atoms with van der Waals surface area (Å²) in [5.74, 6) is -0.869. The van der Waals surface area contributed by atoms with Crippen LogP contribution < -0.4 is 0 Å². The van der Waals surface area contributed by atoms with Crippen molar-refractivity contribution in [3.8, 4) is 18.2 Å². The van der Waals surface area contributed by atoms with Crippen LogP contribution in [0.25, 0.3) is 0 Å². The quantitative estimate of drug-likeness (QED) is 0.740. The Morgan fingerprint density at radius 2 is 2.06 bits per heavy atom. The third-order valence-corrected chi connectivity index (χ3v) is 4.13. The second-order valence-electron chi connectivity index (χ2n) is 3.89. The van der Waals surface area contributed by atoms with Crippen LogP contribution in [0.1, 0.15) is 23.3 Å². The molecule has 1 aromatic rings. The zero-order valence-corrected chi connectivity index (χ0v) is 9.42. The van der Waals surface area contributed by atoms with E-state index in [1.807, 2.05) is 23.6 Å². The Hall–Kier alpha value is -1.83. The number of hydrogen-bond acceptors (Lipinski definition) is 4. The molecule has 0 fully saturated rings. The largest absolute Gasteiger partial charge is 0.197 e. The molecule has 0 N–H and O–H groups in total. The van der Waals surface area contributed by atoms with Crippen molar-refractivity contribution in [1.82, 2.24) is 0 Å². The minimum absolute atomic E-state index is 0.610. The molecule has 0 spiro atoms. The molecule has 1 aliphatic carbocycles. The maximum absolute atomic E-state index is 9.39. The van der Waals surface area contributed by atoms with Crippen LogP contribution in [-0.4, -0.2) is 0 Å². The van der Waals surface area contributed by atoms with Gasteiger partial charge in [-0.1, -0.05) is 0 Å². The van der Waals surface area contributed by atoms with E-state index < -0.39 is 11.3 Å². The number of rotatable bonds is 1. The van der Waals surface area contributed by atoms with E-state index in [0.29, 0.717) is 6.42 Å². The SMILES string of the molecule is N#CC(C#N)C1(C#N)CCCc2sccc21. The van der Waals surface area contributed by atoms with Gasteiger partial charge in [0.2, 0.25) is 0 Å².